The van der Waals surface area contributed by atoms with Crippen LogP contribution in [0.4, 0.5) is 0 Å². The zero-order chi connectivity index (χ0) is 14.5. The number of hydrogen-bond acceptors (Lipinski definition) is 5. The number of morpholine rings is 1. The molecule has 1 unspecified atom stereocenters. The molecule has 1 fully saturated rings. The smallest absolute Gasteiger partial charge is 0.256 e. The molecule has 0 aliphatic carbocycles. The van der Waals surface area contributed by atoms with Crippen molar-refractivity contribution in [3.63, 3.8) is 0 Å². The standard InChI is InChI=1S/C15H19N3O2S/c19-14(17-15-16-6-9-21-15)13-11-18(7-8-20-13)10-12-4-2-1-3-5-12/h1-5,13H,6-11H2,(H,16,17,19). The predicted molar refractivity (Wildman–Crippen MR) is 84.4 cm³/mol. The number of carbonyl (C=O) groups excluding carboxylic acids is 1. The van der Waals surface area contributed by atoms with Gasteiger partial charge in [0.05, 0.1) is 13.2 Å². The summed E-state index contributed by atoms with van der Waals surface area (Å²) in [6.07, 6.45) is -0.411. The minimum absolute atomic E-state index is 0.0825. The summed E-state index contributed by atoms with van der Waals surface area (Å²) in [5, 5.41) is 3.58. The van der Waals surface area contributed by atoms with E-state index in [2.05, 4.69) is 27.3 Å². The number of nitrogens with zero attached hydrogens (tertiary/aromatic N) is 2. The number of ether oxygens (including phenoxy) is 1. The molecule has 0 radical (unpaired) electrons. The largest absolute Gasteiger partial charge is 0.366 e. The second kappa shape index (κ2) is 7.06. The van der Waals surface area contributed by atoms with Gasteiger partial charge in [-0.3, -0.25) is 14.7 Å². The molecule has 3 rings (SSSR count). The van der Waals surface area contributed by atoms with Crippen LogP contribution in [0.2, 0.25) is 0 Å². The van der Waals surface area contributed by atoms with Crippen LogP contribution >= 0.6 is 11.8 Å². The Morgan fingerprint density at radius 2 is 2.29 bits per heavy atom. The van der Waals surface area contributed by atoms with E-state index in [4.69, 9.17) is 4.74 Å². The van der Waals surface area contributed by atoms with Gasteiger partial charge in [-0.2, -0.15) is 0 Å². The average molecular weight is 305 g/mol. The van der Waals surface area contributed by atoms with E-state index >= 15 is 0 Å². The van der Waals surface area contributed by atoms with Crippen molar-refractivity contribution in [1.29, 1.82) is 0 Å². The van der Waals surface area contributed by atoms with Gasteiger partial charge in [-0.05, 0) is 5.56 Å². The van der Waals surface area contributed by atoms with Crippen LogP contribution < -0.4 is 5.32 Å². The van der Waals surface area contributed by atoms with E-state index in [-0.39, 0.29) is 5.91 Å². The minimum Gasteiger partial charge on any atom is -0.366 e. The van der Waals surface area contributed by atoms with Crippen LogP contribution in [0.1, 0.15) is 5.56 Å². The monoisotopic (exact) mass is 305 g/mol. The Balaban J connectivity index is 1.54. The molecule has 21 heavy (non-hydrogen) atoms. The molecule has 1 saturated heterocycles. The molecule has 0 aromatic heterocycles. The number of thioether (sulfide) groups is 1. The lowest BCUT2D eigenvalue weighted by Crippen LogP contribution is -2.50. The van der Waals surface area contributed by atoms with Gasteiger partial charge < -0.3 is 10.1 Å². The maximum Gasteiger partial charge on any atom is 0.256 e. The maximum atomic E-state index is 12.2. The molecule has 1 aromatic rings. The average Bonchev–Trinajstić information content (AvgIpc) is 3.01. The summed E-state index contributed by atoms with van der Waals surface area (Å²) in [4.78, 5) is 18.7. The van der Waals surface area contributed by atoms with E-state index in [0.29, 0.717) is 13.2 Å². The van der Waals surface area contributed by atoms with Crippen LogP contribution in [0.3, 0.4) is 0 Å². The first kappa shape index (κ1) is 14.6. The summed E-state index contributed by atoms with van der Waals surface area (Å²) in [5.41, 5.74) is 1.26. The zero-order valence-electron chi connectivity index (χ0n) is 11.8. The highest BCUT2D eigenvalue weighted by atomic mass is 32.2. The summed E-state index contributed by atoms with van der Waals surface area (Å²) in [5.74, 6) is 0.863. The Labute approximate surface area is 128 Å². The molecular weight excluding hydrogens is 286 g/mol. The highest BCUT2D eigenvalue weighted by molar-refractivity contribution is 8.14. The van der Waals surface area contributed by atoms with Crippen LogP contribution in [-0.4, -0.2) is 54.1 Å². The van der Waals surface area contributed by atoms with Crippen molar-refractivity contribution < 1.29 is 9.53 Å². The number of hydrogen-bond donors (Lipinski definition) is 1. The van der Waals surface area contributed by atoms with Crippen LogP contribution in [0.25, 0.3) is 0 Å². The van der Waals surface area contributed by atoms with Gasteiger partial charge in [0.25, 0.3) is 5.91 Å². The first-order valence-electron chi connectivity index (χ1n) is 7.17. The van der Waals surface area contributed by atoms with Crippen molar-refractivity contribution in [2.24, 2.45) is 4.99 Å². The quantitative estimate of drug-likeness (QED) is 0.909. The summed E-state index contributed by atoms with van der Waals surface area (Å²) in [6.45, 7) is 3.70. The number of amides is 1. The normalized spacial score (nSPS) is 22.9. The molecule has 0 saturated carbocycles. The van der Waals surface area contributed by atoms with Gasteiger partial charge >= 0.3 is 0 Å². The van der Waals surface area contributed by atoms with Crippen molar-refractivity contribution in [2.45, 2.75) is 12.6 Å². The summed E-state index contributed by atoms with van der Waals surface area (Å²) >= 11 is 1.59. The van der Waals surface area contributed by atoms with Gasteiger partial charge in [0, 0.05) is 25.4 Å². The molecule has 0 spiro atoms. The Kier molecular flexibility index (Phi) is 4.90. The van der Waals surface area contributed by atoms with Crippen LogP contribution in [-0.2, 0) is 16.1 Å². The van der Waals surface area contributed by atoms with Gasteiger partial charge in [0.2, 0.25) is 0 Å². The fourth-order valence-electron chi connectivity index (χ4n) is 2.44. The van der Waals surface area contributed by atoms with E-state index in [0.717, 1.165) is 30.6 Å². The first-order valence-corrected chi connectivity index (χ1v) is 8.16. The molecule has 1 aromatic carbocycles. The Morgan fingerprint density at radius 3 is 3.05 bits per heavy atom. The van der Waals surface area contributed by atoms with Gasteiger partial charge in [-0.25, -0.2) is 0 Å². The third-order valence-electron chi connectivity index (χ3n) is 3.51. The number of aliphatic imine (C=N–C) groups is 1. The first-order chi connectivity index (χ1) is 10.3. The molecule has 5 nitrogen and oxygen atoms in total. The number of benzene rings is 1. The molecule has 1 amide bonds. The molecule has 2 heterocycles. The van der Waals surface area contributed by atoms with E-state index in [1.165, 1.54) is 5.56 Å². The molecule has 2 aliphatic heterocycles. The van der Waals surface area contributed by atoms with Gasteiger partial charge in [-0.15, -0.1) is 0 Å². The highest BCUT2D eigenvalue weighted by Gasteiger charge is 2.27. The summed E-state index contributed by atoms with van der Waals surface area (Å²) in [7, 11) is 0. The molecular formula is C15H19N3O2S. The van der Waals surface area contributed by atoms with Gasteiger partial charge in [0.15, 0.2) is 5.17 Å². The van der Waals surface area contributed by atoms with Crippen molar-refractivity contribution in [2.75, 3.05) is 32.0 Å². The molecule has 6 heteroatoms. The lowest BCUT2D eigenvalue weighted by Gasteiger charge is -2.32. The fourth-order valence-corrected chi connectivity index (χ4v) is 3.17. The Bertz CT molecular complexity index is 521. The molecule has 1 N–H and O–H groups in total. The van der Waals surface area contributed by atoms with Crippen molar-refractivity contribution >= 4 is 22.8 Å². The van der Waals surface area contributed by atoms with Gasteiger partial charge in [-0.1, -0.05) is 42.1 Å². The summed E-state index contributed by atoms with van der Waals surface area (Å²) in [6, 6.07) is 10.3. The predicted octanol–water partition coefficient (Wildman–Crippen LogP) is 1.11. The van der Waals surface area contributed by atoms with Crippen LogP contribution in [0, 0.1) is 0 Å². The second-order valence-corrected chi connectivity index (χ2v) is 6.19. The molecule has 0 bridgehead atoms. The Hall–Kier alpha value is -1.37. The number of carbonyl (C=O) groups is 1. The SMILES string of the molecule is O=C(NC1=NCCS1)C1CN(Cc2ccccc2)CCO1. The van der Waals surface area contributed by atoms with Gasteiger partial charge in [0.1, 0.15) is 6.10 Å². The number of nitrogens with one attached hydrogen (secondary N) is 1. The second-order valence-electron chi connectivity index (χ2n) is 5.10. The molecule has 112 valence electrons. The third kappa shape index (κ3) is 4.06. The van der Waals surface area contributed by atoms with E-state index in [9.17, 15) is 4.79 Å². The maximum absolute atomic E-state index is 12.2. The molecule has 2 aliphatic rings. The lowest BCUT2D eigenvalue weighted by molar-refractivity contribution is -0.137. The number of rotatable bonds is 3. The fraction of sp³-hybridized carbons (Fsp3) is 0.467. The summed E-state index contributed by atoms with van der Waals surface area (Å²) < 4.78 is 5.60. The molecule has 1 atom stereocenters. The minimum atomic E-state index is -0.411. The van der Waals surface area contributed by atoms with E-state index in [1.54, 1.807) is 11.8 Å². The zero-order valence-corrected chi connectivity index (χ0v) is 12.6. The lowest BCUT2D eigenvalue weighted by atomic mass is 10.2. The number of amidine groups is 1. The Morgan fingerprint density at radius 1 is 1.43 bits per heavy atom. The highest BCUT2D eigenvalue weighted by Crippen LogP contribution is 2.13. The van der Waals surface area contributed by atoms with Crippen molar-refractivity contribution in [1.82, 2.24) is 10.2 Å². The van der Waals surface area contributed by atoms with Crippen LogP contribution in [0.15, 0.2) is 35.3 Å². The van der Waals surface area contributed by atoms with Crippen molar-refractivity contribution in [3.8, 4) is 0 Å². The van der Waals surface area contributed by atoms with Crippen LogP contribution in [0.5, 0.6) is 0 Å². The van der Waals surface area contributed by atoms with E-state index < -0.39 is 6.10 Å². The third-order valence-corrected chi connectivity index (χ3v) is 4.40. The topological polar surface area (TPSA) is 53.9 Å². The van der Waals surface area contributed by atoms with E-state index in [1.807, 2.05) is 18.2 Å². The van der Waals surface area contributed by atoms with Crippen molar-refractivity contribution in [3.05, 3.63) is 35.9 Å².